The monoisotopic (exact) mass is 400 g/mol. The van der Waals surface area contributed by atoms with Crippen LogP contribution in [0.3, 0.4) is 0 Å². The van der Waals surface area contributed by atoms with Gasteiger partial charge < -0.3 is 10.6 Å². The molecule has 1 saturated carbocycles. The maximum Gasteiger partial charge on any atom is 0.243 e. The van der Waals surface area contributed by atoms with Crippen molar-refractivity contribution < 1.29 is 9.59 Å². The Kier molecular flexibility index (Phi) is 5.53. The number of carbonyl (C=O) groups excluding carboxylic acids is 2. The minimum atomic E-state index is -0.199. The summed E-state index contributed by atoms with van der Waals surface area (Å²) in [5.74, 6) is -0.0178. The molecule has 2 atom stereocenters. The molecule has 0 aromatic heterocycles. The van der Waals surface area contributed by atoms with Gasteiger partial charge in [0.2, 0.25) is 11.8 Å². The van der Waals surface area contributed by atoms with Gasteiger partial charge in [0.05, 0.1) is 6.54 Å². The van der Waals surface area contributed by atoms with Crippen LogP contribution in [0.15, 0.2) is 53.0 Å². The van der Waals surface area contributed by atoms with Gasteiger partial charge in [0.25, 0.3) is 0 Å². The van der Waals surface area contributed by atoms with Crippen molar-refractivity contribution in [1.29, 1.82) is 0 Å². The molecule has 2 N–H and O–H groups in total. The van der Waals surface area contributed by atoms with Gasteiger partial charge in [0.1, 0.15) is 0 Å². The maximum absolute atomic E-state index is 12.2. The first-order valence-corrected chi connectivity index (χ1v) is 9.28. The van der Waals surface area contributed by atoms with Crippen LogP contribution in [0.4, 0.5) is 5.69 Å². The SMILES string of the molecule is CCc1ccccc1NC(=O)CNC(=O)C1CC1c1ccc(Br)cc1. The second-order valence-electron chi connectivity index (χ2n) is 6.28. The lowest BCUT2D eigenvalue weighted by atomic mass is 10.1. The van der Waals surface area contributed by atoms with Gasteiger partial charge in [-0.1, -0.05) is 53.2 Å². The quantitative estimate of drug-likeness (QED) is 0.772. The van der Waals surface area contributed by atoms with Crippen LogP contribution < -0.4 is 10.6 Å². The van der Waals surface area contributed by atoms with Crippen molar-refractivity contribution in [2.75, 3.05) is 11.9 Å². The van der Waals surface area contributed by atoms with Crippen LogP contribution in [0.2, 0.25) is 0 Å². The number of aryl methyl sites for hydroxylation is 1. The van der Waals surface area contributed by atoms with Crippen LogP contribution >= 0.6 is 15.9 Å². The first-order valence-electron chi connectivity index (χ1n) is 8.49. The summed E-state index contributed by atoms with van der Waals surface area (Å²) in [5, 5.41) is 5.62. The molecule has 3 rings (SSSR count). The minimum Gasteiger partial charge on any atom is -0.347 e. The third-order valence-electron chi connectivity index (χ3n) is 4.52. The highest BCUT2D eigenvalue weighted by Crippen LogP contribution is 2.47. The maximum atomic E-state index is 12.2. The van der Waals surface area contributed by atoms with Crippen molar-refractivity contribution >= 4 is 33.4 Å². The van der Waals surface area contributed by atoms with Crippen molar-refractivity contribution in [3.63, 3.8) is 0 Å². The summed E-state index contributed by atoms with van der Waals surface area (Å²) in [6.07, 6.45) is 1.69. The summed E-state index contributed by atoms with van der Waals surface area (Å²) in [6, 6.07) is 15.8. The normalized spacial score (nSPS) is 18.5. The predicted molar refractivity (Wildman–Crippen MR) is 102 cm³/mol. The molecule has 2 amide bonds. The van der Waals surface area contributed by atoms with E-state index in [0.29, 0.717) is 0 Å². The Morgan fingerprint density at radius 1 is 1.12 bits per heavy atom. The number of halogens is 1. The molecule has 5 heteroatoms. The van der Waals surface area contributed by atoms with Crippen LogP contribution in [0.5, 0.6) is 0 Å². The van der Waals surface area contributed by atoms with E-state index in [2.05, 4.69) is 26.6 Å². The summed E-state index contributed by atoms with van der Waals surface area (Å²) < 4.78 is 1.03. The average Bonchev–Trinajstić information content (AvgIpc) is 3.41. The molecule has 4 nitrogen and oxygen atoms in total. The van der Waals surface area contributed by atoms with E-state index in [0.717, 1.165) is 28.6 Å². The van der Waals surface area contributed by atoms with E-state index >= 15 is 0 Å². The second-order valence-corrected chi connectivity index (χ2v) is 7.19. The zero-order valence-corrected chi connectivity index (χ0v) is 15.7. The molecule has 1 fully saturated rings. The standard InChI is InChI=1S/C20H21BrN2O2/c1-2-13-5-3-4-6-18(13)23-19(24)12-22-20(25)17-11-16(17)14-7-9-15(21)10-8-14/h3-10,16-17H,2,11-12H2,1H3,(H,22,25)(H,23,24). The number of rotatable bonds is 6. The van der Waals surface area contributed by atoms with E-state index in [-0.39, 0.29) is 30.2 Å². The Bertz CT molecular complexity index is 774. The van der Waals surface area contributed by atoms with Crippen molar-refractivity contribution in [1.82, 2.24) is 5.32 Å². The van der Waals surface area contributed by atoms with E-state index in [1.165, 1.54) is 5.56 Å². The first-order chi connectivity index (χ1) is 12.1. The Balaban J connectivity index is 1.48. The average molecular weight is 401 g/mol. The number of anilines is 1. The van der Waals surface area contributed by atoms with Gasteiger partial charge in [-0.2, -0.15) is 0 Å². The predicted octanol–water partition coefficient (Wildman–Crippen LogP) is 3.87. The highest BCUT2D eigenvalue weighted by molar-refractivity contribution is 9.10. The van der Waals surface area contributed by atoms with Crippen LogP contribution in [0, 0.1) is 5.92 Å². The summed E-state index contributed by atoms with van der Waals surface area (Å²) in [4.78, 5) is 24.3. The zero-order valence-electron chi connectivity index (χ0n) is 14.1. The lowest BCUT2D eigenvalue weighted by molar-refractivity contribution is -0.125. The first kappa shape index (κ1) is 17.7. The molecule has 2 unspecified atom stereocenters. The number of hydrogen-bond acceptors (Lipinski definition) is 2. The summed E-state index contributed by atoms with van der Waals surface area (Å²) in [7, 11) is 0. The molecule has 0 spiro atoms. The van der Waals surface area contributed by atoms with Crippen LogP contribution in [0.1, 0.15) is 30.4 Å². The molecule has 0 radical (unpaired) electrons. The summed E-state index contributed by atoms with van der Waals surface area (Å²) >= 11 is 3.41. The molecule has 130 valence electrons. The largest absolute Gasteiger partial charge is 0.347 e. The smallest absolute Gasteiger partial charge is 0.243 e. The number of nitrogens with one attached hydrogen (secondary N) is 2. The molecule has 2 aromatic rings. The Morgan fingerprint density at radius 3 is 2.56 bits per heavy atom. The van der Waals surface area contributed by atoms with E-state index < -0.39 is 0 Å². The summed E-state index contributed by atoms with van der Waals surface area (Å²) in [6.45, 7) is 2.04. The van der Waals surface area contributed by atoms with E-state index in [1.54, 1.807) is 0 Å². The molecule has 0 saturated heterocycles. The molecule has 25 heavy (non-hydrogen) atoms. The fourth-order valence-electron chi connectivity index (χ4n) is 3.01. The minimum absolute atomic E-state index is 0.000436. The summed E-state index contributed by atoms with van der Waals surface area (Å²) in [5.41, 5.74) is 3.06. The van der Waals surface area contributed by atoms with Gasteiger partial charge in [0.15, 0.2) is 0 Å². The fraction of sp³-hybridized carbons (Fsp3) is 0.300. The molecule has 1 aliphatic rings. The molecule has 2 aromatic carbocycles. The van der Waals surface area contributed by atoms with Crippen LogP contribution in [-0.2, 0) is 16.0 Å². The van der Waals surface area contributed by atoms with Gasteiger partial charge >= 0.3 is 0 Å². The van der Waals surface area contributed by atoms with Gasteiger partial charge in [-0.05, 0) is 48.1 Å². The third kappa shape index (κ3) is 4.48. The third-order valence-corrected chi connectivity index (χ3v) is 5.05. The number of para-hydroxylation sites is 1. The number of carbonyl (C=O) groups is 2. The van der Waals surface area contributed by atoms with Gasteiger partial charge in [-0.15, -0.1) is 0 Å². The Labute approximate surface area is 156 Å². The molecule has 1 aliphatic carbocycles. The van der Waals surface area contributed by atoms with Gasteiger partial charge in [-0.3, -0.25) is 9.59 Å². The lowest BCUT2D eigenvalue weighted by Crippen LogP contribution is -2.34. The van der Waals surface area contributed by atoms with Gasteiger partial charge in [0, 0.05) is 16.1 Å². The lowest BCUT2D eigenvalue weighted by Gasteiger charge is -2.10. The zero-order chi connectivity index (χ0) is 17.8. The fourth-order valence-corrected chi connectivity index (χ4v) is 3.27. The molecular weight excluding hydrogens is 380 g/mol. The van der Waals surface area contributed by atoms with Crippen LogP contribution in [0.25, 0.3) is 0 Å². The molecule has 0 heterocycles. The van der Waals surface area contributed by atoms with E-state index in [1.807, 2.05) is 55.5 Å². The van der Waals surface area contributed by atoms with Crippen molar-refractivity contribution in [3.05, 3.63) is 64.1 Å². The molecule has 0 aliphatic heterocycles. The molecule has 0 bridgehead atoms. The van der Waals surface area contributed by atoms with Crippen molar-refractivity contribution in [3.8, 4) is 0 Å². The second kappa shape index (κ2) is 7.83. The topological polar surface area (TPSA) is 58.2 Å². The Hall–Kier alpha value is -2.14. The molecular formula is C20H21BrN2O2. The number of amides is 2. The number of benzene rings is 2. The van der Waals surface area contributed by atoms with E-state index in [9.17, 15) is 9.59 Å². The van der Waals surface area contributed by atoms with E-state index in [4.69, 9.17) is 0 Å². The van der Waals surface area contributed by atoms with Crippen LogP contribution in [-0.4, -0.2) is 18.4 Å². The van der Waals surface area contributed by atoms with Crippen molar-refractivity contribution in [2.45, 2.75) is 25.7 Å². The van der Waals surface area contributed by atoms with Gasteiger partial charge in [-0.25, -0.2) is 0 Å². The highest BCUT2D eigenvalue weighted by atomic mass is 79.9. The number of hydrogen-bond donors (Lipinski definition) is 2. The Morgan fingerprint density at radius 2 is 1.84 bits per heavy atom. The van der Waals surface area contributed by atoms with Crippen molar-refractivity contribution in [2.24, 2.45) is 5.92 Å². The highest BCUT2D eigenvalue weighted by Gasteiger charge is 2.43.